The van der Waals surface area contributed by atoms with Gasteiger partial charge in [0.2, 0.25) is 5.91 Å². The smallest absolute Gasteiger partial charge is 0.269 e. The third-order valence-corrected chi connectivity index (χ3v) is 11.1. The Bertz CT molecular complexity index is 1310. The molecule has 11 heteroatoms. The zero-order chi connectivity index (χ0) is 27.6. The van der Waals surface area contributed by atoms with E-state index in [0.717, 1.165) is 11.1 Å². The number of likely N-dealkylation sites (N-methyl/N-ethyl adjacent to an activating group) is 1. The Morgan fingerprint density at radius 3 is 2.55 bits per heavy atom. The van der Waals surface area contributed by atoms with E-state index in [2.05, 4.69) is 0 Å². The van der Waals surface area contributed by atoms with Gasteiger partial charge in [0.15, 0.2) is 13.9 Å². The highest BCUT2D eigenvalue weighted by atomic mass is 28.4. The summed E-state index contributed by atoms with van der Waals surface area (Å²) in [5.41, 5.74) is 0.845. The number of nitro groups is 1. The Morgan fingerprint density at radius 1 is 1.24 bits per heavy atom. The van der Waals surface area contributed by atoms with E-state index in [-0.39, 0.29) is 36.6 Å². The van der Waals surface area contributed by atoms with Crippen LogP contribution in [0.3, 0.4) is 0 Å². The van der Waals surface area contributed by atoms with Crippen molar-refractivity contribution in [3.63, 3.8) is 0 Å². The van der Waals surface area contributed by atoms with E-state index >= 15 is 0 Å². The van der Waals surface area contributed by atoms with Crippen molar-refractivity contribution >= 4 is 31.5 Å². The van der Waals surface area contributed by atoms with Crippen molar-refractivity contribution in [3.05, 3.63) is 69.3 Å². The molecule has 3 aliphatic heterocycles. The number of anilines is 1. The molecule has 2 amide bonds. The van der Waals surface area contributed by atoms with Gasteiger partial charge in [-0.2, -0.15) is 0 Å². The summed E-state index contributed by atoms with van der Waals surface area (Å²) in [5.74, 6) is -1.12. The standard InChI is InChI=1S/C27H33N3O7Si/c1-16-25(38(3,4)36)23(13-24(32)29-14-18-8-6-5-7-17(18)11-20(29)15-31)37-27(16)21-12-19(30(34)35)9-10-22(21)28(2)26(27)33/h5-10,12,16,20,23,25,31,36H,11,13-15H2,1-4H3/t16-,20-,23+,25-,27+/m0/s1. The van der Waals surface area contributed by atoms with Gasteiger partial charge in [-0.3, -0.25) is 19.7 Å². The van der Waals surface area contributed by atoms with Gasteiger partial charge in [-0.15, -0.1) is 0 Å². The molecule has 10 nitrogen and oxygen atoms in total. The Hall–Kier alpha value is -3.12. The quantitative estimate of drug-likeness (QED) is 0.339. The fraction of sp³-hybridized carbons (Fsp3) is 0.481. The van der Waals surface area contributed by atoms with E-state index in [1.807, 2.05) is 31.2 Å². The molecule has 3 heterocycles. The van der Waals surface area contributed by atoms with Crippen molar-refractivity contribution in [2.75, 3.05) is 18.6 Å². The van der Waals surface area contributed by atoms with Crippen LogP contribution in [-0.2, 0) is 32.9 Å². The normalized spacial score (nSPS) is 28.5. The molecule has 5 atom stereocenters. The van der Waals surface area contributed by atoms with Crippen LogP contribution in [0, 0.1) is 16.0 Å². The van der Waals surface area contributed by atoms with Gasteiger partial charge in [-0.05, 0) is 36.7 Å². The number of aliphatic hydroxyl groups excluding tert-OH is 1. The van der Waals surface area contributed by atoms with Gasteiger partial charge in [0.1, 0.15) is 0 Å². The van der Waals surface area contributed by atoms with Gasteiger partial charge < -0.3 is 24.4 Å². The molecule has 1 saturated heterocycles. The van der Waals surface area contributed by atoms with Crippen molar-refractivity contribution in [2.45, 2.75) is 62.7 Å². The molecular weight excluding hydrogens is 506 g/mol. The number of hydrogen-bond donors (Lipinski definition) is 2. The number of aliphatic hydroxyl groups is 1. The average Bonchev–Trinajstić information content (AvgIpc) is 3.29. The lowest BCUT2D eigenvalue weighted by atomic mass is 9.82. The van der Waals surface area contributed by atoms with E-state index in [4.69, 9.17) is 4.74 Å². The topological polar surface area (TPSA) is 133 Å². The first-order chi connectivity index (χ1) is 17.9. The lowest BCUT2D eigenvalue weighted by molar-refractivity contribution is -0.385. The minimum absolute atomic E-state index is 0.0757. The maximum absolute atomic E-state index is 13.8. The fourth-order valence-corrected chi connectivity index (χ4v) is 9.37. The molecule has 0 aliphatic carbocycles. The first kappa shape index (κ1) is 26.5. The van der Waals surface area contributed by atoms with Gasteiger partial charge in [0.05, 0.1) is 35.8 Å². The maximum Gasteiger partial charge on any atom is 0.269 e. The van der Waals surface area contributed by atoms with Gasteiger partial charge in [0.25, 0.3) is 11.6 Å². The first-order valence-corrected chi connectivity index (χ1v) is 15.9. The van der Waals surface area contributed by atoms with E-state index in [1.165, 1.54) is 17.0 Å². The molecule has 202 valence electrons. The van der Waals surface area contributed by atoms with Crippen LogP contribution in [0.2, 0.25) is 18.6 Å². The summed E-state index contributed by atoms with van der Waals surface area (Å²) in [5, 5.41) is 21.6. The summed E-state index contributed by atoms with van der Waals surface area (Å²) in [7, 11) is -1.40. The highest BCUT2D eigenvalue weighted by Gasteiger charge is 2.66. The molecule has 0 saturated carbocycles. The van der Waals surface area contributed by atoms with Crippen LogP contribution < -0.4 is 4.90 Å². The zero-order valence-corrected chi connectivity index (χ0v) is 23.0. The fourth-order valence-electron chi connectivity index (χ4n) is 6.82. The Morgan fingerprint density at radius 2 is 1.92 bits per heavy atom. The molecule has 0 aromatic heterocycles. The number of ether oxygens (including phenoxy) is 1. The molecule has 2 N–H and O–H groups in total. The van der Waals surface area contributed by atoms with Crippen molar-refractivity contribution in [3.8, 4) is 0 Å². The predicted octanol–water partition coefficient (Wildman–Crippen LogP) is 2.70. The second kappa shape index (κ2) is 9.26. The Balaban J connectivity index is 1.51. The number of rotatable bonds is 5. The summed E-state index contributed by atoms with van der Waals surface area (Å²) in [6, 6.07) is 11.7. The lowest BCUT2D eigenvalue weighted by Crippen LogP contribution is -2.48. The molecule has 5 rings (SSSR count). The number of benzene rings is 2. The number of amides is 2. The van der Waals surface area contributed by atoms with Gasteiger partial charge in [0, 0.05) is 42.7 Å². The number of carbonyl (C=O) groups is 2. The monoisotopic (exact) mass is 539 g/mol. The van der Waals surface area contributed by atoms with E-state index in [1.54, 1.807) is 31.1 Å². The van der Waals surface area contributed by atoms with Crippen molar-refractivity contribution in [1.29, 1.82) is 0 Å². The van der Waals surface area contributed by atoms with Crippen LogP contribution in [0.25, 0.3) is 0 Å². The molecular formula is C27H33N3O7Si. The van der Waals surface area contributed by atoms with Crippen molar-refractivity contribution in [2.24, 2.45) is 5.92 Å². The summed E-state index contributed by atoms with van der Waals surface area (Å²) in [6.07, 6.45) is -0.315. The number of nitrogens with zero attached hydrogens (tertiary/aromatic N) is 3. The molecule has 0 bridgehead atoms. The Kier molecular flexibility index (Phi) is 6.45. The molecule has 2 aromatic rings. The van der Waals surface area contributed by atoms with Crippen LogP contribution in [0.5, 0.6) is 0 Å². The van der Waals surface area contributed by atoms with Crippen molar-refractivity contribution < 1.29 is 29.2 Å². The number of non-ortho nitro benzene ring substituents is 1. The Labute approximate surface area is 222 Å². The number of nitro benzene ring substituents is 1. The molecule has 2 aromatic carbocycles. The van der Waals surface area contributed by atoms with Gasteiger partial charge in [-0.25, -0.2) is 0 Å². The van der Waals surface area contributed by atoms with Crippen LogP contribution in [0.4, 0.5) is 11.4 Å². The number of fused-ring (bicyclic) bond motifs is 3. The molecule has 0 radical (unpaired) electrons. The van der Waals surface area contributed by atoms with Crippen LogP contribution in [-0.4, -0.2) is 65.7 Å². The van der Waals surface area contributed by atoms with E-state index in [9.17, 15) is 29.6 Å². The predicted molar refractivity (Wildman–Crippen MR) is 142 cm³/mol. The maximum atomic E-state index is 13.8. The molecule has 1 spiro atoms. The molecule has 1 fully saturated rings. The van der Waals surface area contributed by atoms with Crippen LogP contribution in [0.1, 0.15) is 30.0 Å². The second-order valence-electron chi connectivity index (χ2n) is 11.2. The summed E-state index contributed by atoms with van der Waals surface area (Å²) >= 11 is 0. The number of carbonyl (C=O) groups excluding carboxylic acids is 2. The van der Waals surface area contributed by atoms with Crippen LogP contribution >= 0.6 is 0 Å². The number of hydrogen-bond acceptors (Lipinski definition) is 7. The van der Waals surface area contributed by atoms with Gasteiger partial charge >= 0.3 is 0 Å². The third kappa shape index (κ3) is 3.96. The van der Waals surface area contributed by atoms with Gasteiger partial charge in [-0.1, -0.05) is 31.2 Å². The largest absolute Gasteiger partial charge is 0.432 e. The molecule has 3 aliphatic rings. The second-order valence-corrected chi connectivity index (χ2v) is 15.2. The molecule has 0 unspecified atom stereocenters. The van der Waals surface area contributed by atoms with E-state index < -0.39 is 36.4 Å². The SMILES string of the molecule is C[C@H]1[C@H]([Si](C)(C)O)[C@@H](CC(=O)N2Cc3ccccc3C[C@H]2CO)O[C@]12C(=O)N(C)c1ccc([N+](=O)[O-])cc12. The van der Waals surface area contributed by atoms with Crippen LogP contribution in [0.15, 0.2) is 42.5 Å². The molecule has 38 heavy (non-hydrogen) atoms. The highest BCUT2D eigenvalue weighted by Crippen LogP contribution is 2.59. The average molecular weight is 540 g/mol. The highest BCUT2D eigenvalue weighted by molar-refractivity contribution is 6.71. The van der Waals surface area contributed by atoms with E-state index in [0.29, 0.717) is 24.2 Å². The first-order valence-electron chi connectivity index (χ1n) is 12.8. The minimum Gasteiger partial charge on any atom is -0.432 e. The zero-order valence-electron chi connectivity index (χ0n) is 22.0. The summed E-state index contributed by atoms with van der Waals surface area (Å²) < 4.78 is 6.56. The minimum atomic E-state index is -3.00. The summed E-state index contributed by atoms with van der Waals surface area (Å²) in [6.45, 7) is 5.52. The van der Waals surface area contributed by atoms with Crippen molar-refractivity contribution in [1.82, 2.24) is 4.90 Å². The summed E-state index contributed by atoms with van der Waals surface area (Å²) in [4.78, 5) is 53.0. The third-order valence-electron chi connectivity index (χ3n) is 8.57. The lowest BCUT2D eigenvalue weighted by Gasteiger charge is -2.37.